The number of rotatable bonds is 9. The summed E-state index contributed by atoms with van der Waals surface area (Å²) in [5.41, 5.74) is 1.37. The highest BCUT2D eigenvalue weighted by molar-refractivity contribution is 5.57. The topological polar surface area (TPSA) is 24.4 Å². The van der Waals surface area contributed by atoms with Gasteiger partial charge < -0.3 is 5.32 Å². The van der Waals surface area contributed by atoms with Crippen molar-refractivity contribution in [1.82, 2.24) is 5.32 Å². The van der Waals surface area contributed by atoms with Crippen LogP contribution in [-0.4, -0.2) is 18.8 Å². The van der Waals surface area contributed by atoms with Crippen LogP contribution in [0, 0.1) is 0 Å². The standard InChI is InChI=1S/C14H28N2/c1-5-11-16-14(7-3)10-8-9-12-15-13(4)6-2/h7,12-13,16H,5-6,8-11H2,1-4H3/b14-7-,15-12?. The zero-order chi connectivity index (χ0) is 12.2. The van der Waals surface area contributed by atoms with E-state index in [9.17, 15) is 0 Å². The highest BCUT2D eigenvalue weighted by Gasteiger charge is 1.95. The maximum atomic E-state index is 4.46. The first-order valence-electron chi connectivity index (χ1n) is 6.65. The Morgan fingerprint density at radius 3 is 2.69 bits per heavy atom. The normalized spacial score (nSPS) is 14.4. The van der Waals surface area contributed by atoms with Gasteiger partial charge in [0.15, 0.2) is 0 Å². The lowest BCUT2D eigenvalue weighted by Gasteiger charge is -2.08. The predicted octanol–water partition coefficient (Wildman–Crippen LogP) is 3.93. The van der Waals surface area contributed by atoms with Crippen LogP contribution in [0.25, 0.3) is 0 Å². The summed E-state index contributed by atoms with van der Waals surface area (Å²) in [4.78, 5) is 4.46. The van der Waals surface area contributed by atoms with E-state index in [1.165, 1.54) is 18.5 Å². The van der Waals surface area contributed by atoms with Gasteiger partial charge in [-0.3, -0.25) is 4.99 Å². The second kappa shape index (κ2) is 10.7. The van der Waals surface area contributed by atoms with Gasteiger partial charge in [0.25, 0.3) is 0 Å². The van der Waals surface area contributed by atoms with Gasteiger partial charge in [0, 0.05) is 18.3 Å². The monoisotopic (exact) mass is 224 g/mol. The molecule has 0 fully saturated rings. The van der Waals surface area contributed by atoms with Crippen molar-refractivity contribution in [3.05, 3.63) is 11.8 Å². The van der Waals surface area contributed by atoms with Gasteiger partial charge >= 0.3 is 0 Å². The first-order valence-corrected chi connectivity index (χ1v) is 6.65. The van der Waals surface area contributed by atoms with Gasteiger partial charge in [-0.05, 0) is 52.2 Å². The Kier molecular flexibility index (Phi) is 10.2. The van der Waals surface area contributed by atoms with Crippen molar-refractivity contribution in [2.24, 2.45) is 4.99 Å². The van der Waals surface area contributed by atoms with Crippen LogP contribution in [0.1, 0.15) is 59.8 Å². The fourth-order valence-corrected chi connectivity index (χ4v) is 1.36. The van der Waals surface area contributed by atoms with Gasteiger partial charge in [0.2, 0.25) is 0 Å². The van der Waals surface area contributed by atoms with Gasteiger partial charge in [-0.25, -0.2) is 0 Å². The molecule has 94 valence electrons. The van der Waals surface area contributed by atoms with Gasteiger partial charge in [0.05, 0.1) is 0 Å². The molecule has 16 heavy (non-hydrogen) atoms. The lowest BCUT2D eigenvalue weighted by molar-refractivity contribution is 0.698. The molecule has 2 nitrogen and oxygen atoms in total. The molecule has 0 spiro atoms. The van der Waals surface area contributed by atoms with E-state index in [-0.39, 0.29) is 0 Å². The van der Waals surface area contributed by atoms with E-state index in [0.29, 0.717) is 6.04 Å². The average Bonchev–Trinajstić information content (AvgIpc) is 2.32. The van der Waals surface area contributed by atoms with Gasteiger partial charge in [-0.1, -0.05) is 19.9 Å². The second-order valence-electron chi connectivity index (χ2n) is 4.22. The van der Waals surface area contributed by atoms with Crippen LogP contribution in [0.15, 0.2) is 16.8 Å². The number of hydrogen-bond donors (Lipinski definition) is 1. The quantitative estimate of drug-likeness (QED) is 0.466. The van der Waals surface area contributed by atoms with E-state index >= 15 is 0 Å². The molecule has 0 radical (unpaired) electrons. The third-order valence-corrected chi connectivity index (χ3v) is 2.68. The van der Waals surface area contributed by atoms with Crippen LogP contribution in [0.2, 0.25) is 0 Å². The van der Waals surface area contributed by atoms with E-state index < -0.39 is 0 Å². The molecule has 2 heteroatoms. The number of hydrogen-bond acceptors (Lipinski definition) is 2. The van der Waals surface area contributed by atoms with E-state index in [1.54, 1.807) is 0 Å². The molecular formula is C14H28N2. The van der Waals surface area contributed by atoms with E-state index in [4.69, 9.17) is 0 Å². The number of nitrogens with zero attached hydrogens (tertiary/aromatic N) is 1. The summed E-state index contributed by atoms with van der Waals surface area (Å²) in [5, 5.41) is 3.45. The summed E-state index contributed by atoms with van der Waals surface area (Å²) < 4.78 is 0. The third kappa shape index (κ3) is 8.51. The molecule has 0 aromatic carbocycles. The molecule has 0 heterocycles. The van der Waals surface area contributed by atoms with Crippen molar-refractivity contribution in [2.75, 3.05) is 6.54 Å². The zero-order valence-electron chi connectivity index (χ0n) is 11.4. The summed E-state index contributed by atoms with van der Waals surface area (Å²) in [6.07, 6.45) is 10.0. The molecule has 0 saturated carbocycles. The predicted molar refractivity (Wildman–Crippen MR) is 74.1 cm³/mol. The number of unbranched alkanes of at least 4 members (excludes halogenated alkanes) is 1. The first-order chi connectivity index (χ1) is 7.74. The summed E-state index contributed by atoms with van der Waals surface area (Å²) in [6.45, 7) is 9.72. The Labute approximate surface area is 101 Å². The summed E-state index contributed by atoms with van der Waals surface area (Å²) >= 11 is 0. The van der Waals surface area contributed by atoms with Crippen molar-refractivity contribution in [3.8, 4) is 0 Å². The average molecular weight is 224 g/mol. The van der Waals surface area contributed by atoms with E-state index in [1.807, 2.05) is 0 Å². The van der Waals surface area contributed by atoms with Crippen molar-refractivity contribution >= 4 is 6.21 Å². The maximum Gasteiger partial charge on any atom is 0.0464 e. The summed E-state index contributed by atoms with van der Waals surface area (Å²) in [6, 6.07) is 0.486. The number of allylic oxidation sites excluding steroid dienone is 2. The molecule has 0 aliphatic heterocycles. The summed E-state index contributed by atoms with van der Waals surface area (Å²) in [7, 11) is 0. The number of aliphatic imine (C=N–C) groups is 1. The molecule has 0 aromatic heterocycles. The Morgan fingerprint density at radius 1 is 1.38 bits per heavy atom. The molecular weight excluding hydrogens is 196 g/mol. The Bertz CT molecular complexity index is 207. The van der Waals surface area contributed by atoms with Crippen LogP contribution in [0.3, 0.4) is 0 Å². The minimum atomic E-state index is 0.486. The molecule has 1 atom stereocenters. The lowest BCUT2D eigenvalue weighted by Crippen LogP contribution is -2.13. The second-order valence-corrected chi connectivity index (χ2v) is 4.22. The largest absolute Gasteiger partial charge is 0.389 e. The van der Waals surface area contributed by atoms with Crippen LogP contribution in [0.5, 0.6) is 0 Å². The SMILES string of the molecule is C/C=C(/CCCC=NC(C)CC)NCCC. The third-order valence-electron chi connectivity index (χ3n) is 2.68. The minimum absolute atomic E-state index is 0.486. The van der Waals surface area contributed by atoms with Crippen molar-refractivity contribution in [2.45, 2.75) is 65.8 Å². The van der Waals surface area contributed by atoms with Crippen LogP contribution >= 0.6 is 0 Å². The number of nitrogens with one attached hydrogen (secondary N) is 1. The molecule has 0 aromatic rings. The molecule has 0 rings (SSSR count). The van der Waals surface area contributed by atoms with Crippen LogP contribution in [-0.2, 0) is 0 Å². The molecule has 0 saturated heterocycles. The van der Waals surface area contributed by atoms with Gasteiger partial charge in [-0.2, -0.15) is 0 Å². The Balaban J connectivity index is 3.59. The fraction of sp³-hybridized carbons (Fsp3) is 0.786. The smallest absolute Gasteiger partial charge is 0.0464 e. The van der Waals surface area contributed by atoms with Crippen LogP contribution in [0.4, 0.5) is 0 Å². The van der Waals surface area contributed by atoms with E-state index in [0.717, 1.165) is 25.8 Å². The molecule has 0 aliphatic carbocycles. The van der Waals surface area contributed by atoms with Gasteiger partial charge in [-0.15, -0.1) is 0 Å². The zero-order valence-corrected chi connectivity index (χ0v) is 11.4. The fourth-order valence-electron chi connectivity index (χ4n) is 1.36. The van der Waals surface area contributed by atoms with Crippen molar-refractivity contribution in [1.29, 1.82) is 0 Å². The van der Waals surface area contributed by atoms with Crippen LogP contribution < -0.4 is 5.32 Å². The van der Waals surface area contributed by atoms with Gasteiger partial charge in [0.1, 0.15) is 0 Å². The molecule has 0 amide bonds. The van der Waals surface area contributed by atoms with Crippen molar-refractivity contribution < 1.29 is 0 Å². The minimum Gasteiger partial charge on any atom is -0.389 e. The molecule has 1 unspecified atom stereocenters. The maximum absolute atomic E-state index is 4.46. The highest BCUT2D eigenvalue weighted by atomic mass is 14.9. The first kappa shape index (κ1) is 15.2. The Hall–Kier alpha value is -0.790. The van der Waals surface area contributed by atoms with E-state index in [2.05, 4.69) is 50.3 Å². The molecule has 0 bridgehead atoms. The summed E-state index contributed by atoms with van der Waals surface area (Å²) in [5.74, 6) is 0. The lowest BCUT2D eigenvalue weighted by atomic mass is 10.2. The Morgan fingerprint density at radius 2 is 2.12 bits per heavy atom. The highest BCUT2D eigenvalue weighted by Crippen LogP contribution is 2.04. The molecule has 0 aliphatic rings. The molecule has 1 N–H and O–H groups in total. The van der Waals surface area contributed by atoms with Crippen molar-refractivity contribution in [3.63, 3.8) is 0 Å².